The second-order valence-electron chi connectivity index (χ2n) is 5.92. The van der Waals surface area contributed by atoms with Crippen LogP contribution in [0.1, 0.15) is 50.8 Å². The molecule has 2 heterocycles. The predicted molar refractivity (Wildman–Crippen MR) is 71.8 cm³/mol. The van der Waals surface area contributed by atoms with E-state index in [9.17, 15) is 4.79 Å². The molecule has 1 amide bonds. The van der Waals surface area contributed by atoms with Gasteiger partial charge in [0, 0.05) is 24.7 Å². The van der Waals surface area contributed by atoms with Gasteiger partial charge in [-0.25, -0.2) is 14.8 Å². The fourth-order valence-corrected chi connectivity index (χ4v) is 2.23. The molecule has 0 saturated carbocycles. The fourth-order valence-electron chi connectivity index (χ4n) is 2.23. The number of ether oxygens (including phenoxy) is 1. The lowest BCUT2D eigenvalue weighted by molar-refractivity contribution is 0.0157. The molecule has 0 spiro atoms. The van der Waals surface area contributed by atoms with Gasteiger partial charge in [-0.1, -0.05) is 0 Å². The molecule has 2 rings (SSSR count). The summed E-state index contributed by atoms with van der Waals surface area (Å²) in [4.78, 5) is 22.6. The molecule has 19 heavy (non-hydrogen) atoms. The normalized spacial score (nSPS) is 19.0. The van der Waals surface area contributed by atoms with Crippen molar-refractivity contribution in [1.82, 2.24) is 14.9 Å². The van der Waals surface area contributed by atoms with Gasteiger partial charge in [0.25, 0.3) is 0 Å². The zero-order chi connectivity index (χ0) is 14.2. The van der Waals surface area contributed by atoms with E-state index in [1.165, 1.54) is 0 Å². The standard InChI is InChI=1S/C14H21N3O2/c1-9-11-8-15-10(2)16-12(11)6-7-17(9)13(18)19-14(3,4)5/h8-9H,6-7H2,1-5H3. The van der Waals surface area contributed by atoms with Gasteiger partial charge in [-0.15, -0.1) is 0 Å². The Morgan fingerprint density at radius 1 is 1.47 bits per heavy atom. The van der Waals surface area contributed by atoms with Crippen LogP contribution in [0.3, 0.4) is 0 Å². The number of fused-ring (bicyclic) bond motifs is 1. The first-order valence-electron chi connectivity index (χ1n) is 6.60. The van der Waals surface area contributed by atoms with E-state index in [1.807, 2.05) is 40.8 Å². The minimum absolute atomic E-state index is 0.0424. The summed E-state index contributed by atoms with van der Waals surface area (Å²) in [5.74, 6) is 0.775. The van der Waals surface area contributed by atoms with Crippen molar-refractivity contribution in [3.8, 4) is 0 Å². The molecule has 0 aliphatic carbocycles. The van der Waals surface area contributed by atoms with Gasteiger partial charge in [0.05, 0.1) is 11.7 Å². The lowest BCUT2D eigenvalue weighted by Gasteiger charge is -2.35. The Hall–Kier alpha value is -1.65. The van der Waals surface area contributed by atoms with Crippen LogP contribution in [0.5, 0.6) is 0 Å². The number of rotatable bonds is 0. The zero-order valence-corrected chi connectivity index (χ0v) is 12.2. The van der Waals surface area contributed by atoms with Crippen molar-refractivity contribution in [1.29, 1.82) is 0 Å². The van der Waals surface area contributed by atoms with E-state index in [0.29, 0.717) is 6.54 Å². The van der Waals surface area contributed by atoms with Crippen LogP contribution < -0.4 is 0 Å². The van der Waals surface area contributed by atoms with Crippen molar-refractivity contribution in [2.45, 2.75) is 52.7 Å². The number of amides is 1. The molecule has 5 nitrogen and oxygen atoms in total. The van der Waals surface area contributed by atoms with Gasteiger partial charge >= 0.3 is 6.09 Å². The second kappa shape index (κ2) is 4.79. The maximum Gasteiger partial charge on any atom is 0.410 e. The summed E-state index contributed by atoms with van der Waals surface area (Å²) in [6.07, 6.45) is 2.30. The number of hydrogen-bond donors (Lipinski definition) is 0. The Bertz CT molecular complexity index is 494. The highest BCUT2D eigenvalue weighted by Crippen LogP contribution is 2.29. The molecule has 0 aromatic carbocycles. The summed E-state index contributed by atoms with van der Waals surface area (Å²) in [7, 11) is 0. The first-order chi connectivity index (χ1) is 8.78. The topological polar surface area (TPSA) is 55.3 Å². The Morgan fingerprint density at radius 3 is 2.79 bits per heavy atom. The molecule has 0 saturated heterocycles. The van der Waals surface area contributed by atoms with Gasteiger partial charge in [0.2, 0.25) is 0 Å². The molecule has 0 radical (unpaired) electrons. The summed E-state index contributed by atoms with van der Waals surface area (Å²) in [5.41, 5.74) is 1.59. The summed E-state index contributed by atoms with van der Waals surface area (Å²) in [6, 6.07) is -0.0424. The van der Waals surface area contributed by atoms with E-state index in [1.54, 1.807) is 4.90 Å². The quantitative estimate of drug-likeness (QED) is 0.722. The molecular weight excluding hydrogens is 242 g/mol. The lowest BCUT2D eigenvalue weighted by Crippen LogP contribution is -2.42. The monoisotopic (exact) mass is 263 g/mol. The van der Waals surface area contributed by atoms with Crippen molar-refractivity contribution in [3.05, 3.63) is 23.3 Å². The summed E-state index contributed by atoms with van der Waals surface area (Å²) < 4.78 is 5.43. The van der Waals surface area contributed by atoms with Gasteiger partial charge in [0.15, 0.2) is 0 Å². The summed E-state index contributed by atoms with van der Waals surface area (Å²) >= 11 is 0. The number of aromatic nitrogens is 2. The van der Waals surface area contributed by atoms with Crippen LogP contribution in [0.2, 0.25) is 0 Å². The van der Waals surface area contributed by atoms with Crippen LogP contribution in [0.25, 0.3) is 0 Å². The van der Waals surface area contributed by atoms with Crippen LogP contribution in [0.4, 0.5) is 4.79 Å². The second-order valence-corrected chi connectivity index (χ2v) is 5.92. The van der Waals surface area contributed by atoms with E-state index < -0.39 is 5.60 Å². The SMILES string of the molecule is Cc1ncc2c(n1)CCN(C(=O)OC(C)(C)C)C2C. The highest BCUT2D eigenvalue weighted by molar-refractivity contribution is 5.69. The lowest BCUT2D eigenvalue weighted by atomic mass is 10.00. The molecule has 1 aliphatic heterocycles. The maximum absolute atomic E-state index is 12.2. The van der Waals surface area contributed by atoms with E-state index >= 15 is 0 Å². The van der Waals surface area contributed by atoms with Gasteiger partial charge in [-0.2, -0.15) is 0 Å². The van der Waals surface area contributed by atoms with Crippen LogP contribution in [-0.4, -0.2) is 33.1 Å². The van der Waals surface area contributed by atoms with Gasteiger partial charge < -0.3 is 9.64 Å². The van der Waals surface area contributed by atoms with Crippen LogP contribution in [-0.2, 0) is 11.2 Å². The Balaban J connectivity index is 2.19. The molecule has 1 aromatic heterocycles. The third-order valence-electron chi connectivity index (χ3n) is 3.16. The highest BCUT2D eigenvalue weighted by atomic mass is 16.6. The number of nitrogens with zero attached hydrogens (tertiary/aromatic N) is 3. The first kappa shape index (κ1) is 13.8. The molecule has 1 atom stereocenters. The van der Waals surface area contributed by atoms with Crippen molar-refractivity contribution < 1.29 is 9.53 Å². The molecule has 104 valence electrons. The average molecular weight is 263 g/mol. The van der Waals surface area contributed by atoms with Gasteiger partial charge in [-0.3, -0.25) is 0 Å². The number of hydrogen-bond acceptors (Lipinski definition) is 4. The average Bonchev–Trinajstić information content (AvgIpc) is 2.26. The van der Waals surface area contributed by atoms with Crippen LogP contribution in [0.15, 0.2) is 6.20 Å². The van der Waals surface area contributed by atoms with Gasteiger partial charge in [0.1, 0.15) is 11.4 Å². The minimum Gasteiger partial charge on any atom is -0.444 e. The third-order valence-corrected chi connectivity index (χ3v) is 3.16. The molecule has 1 aliphatic rings. The van der Waals surface area contributed by atoms with E-state index in [0.717, 1.165) is 23.5 Å². The molecule has 5 heteroatoms. The number of carbonyl (C=O) groups is 1. The third kappa shape index (κ3) is 3.03. The molecule has 0 N–H and O–H groups in total. The number of aryl methyl sites for hydroxylation is 1. The van der Waals surface area contributed by atoms with Crippen molar-refractivity contribution >= 4 is 6.09 Å². The maximum atomic E-state index is 12.2. The molecule has 1 aromatic rings. The Kier molecular flexibility index (Phi) is 3.47. The molecule has 0 fully saturated rings. The summed E-state index contributed by atoms with van der Waals surface area (Å²) in [5, 5.41) is 0. The van der Waals surface area contributed by atoms with Crippen LogP contribution >= 0.6 is 0 Å². The zero-order valence-electron chi connectivity index (χ0n) is 12.2. The predicted octanol–water partition coefficient (Wildman–Crippen LogP) is 2.64. The highest BCUT2D eigenvalue weighted by Gasteiger charge is 2.31. The van der Waals surface area contributed by atoms with E-state index in [2.05, 4.69) is 9.97 Å². The Morgan fingerprint density at radius 2 is 2.16 bits per heavy atom. The first-order valence-corrected chi connectivity index (χ1v) is 6.60. The van der Waals surface area contributed by atoms with E-state index in [-0.39, 0.29) is 12.1 Å². The summed E-state index contributed by atoms with van der Waals surface area (Å²) in [6.45, 7) is 10.1. The number of carbonyl (C=O) groups excluding carboxylic acids is 1. The fraction of sp³-hybridized carbons (Fsp3) is 0.643. The van der Waals surface area contributed by atoms with Crippen molar-refractivity contribution in [2.75, 3.05) is 6.54 Å². The van der Waals surface area contributed by atoms with Crippen molar-refractivity contribution in [3.63, 3.8) is 0 Å². The molecular formula is C14H21N3O2. The smallest absolute Gasteiger partial charge is 0.410 e. The largest absolute Gasteiger partial charge is 0.444 e. The molecule has 1 unspecified atom stereocenters. The van der Waals surface area contributed by atoms with Crippen LogP contribution in [0, 0.1) is 6.92 Å². The minimum atomic E-state index is -0.471. The molecule has 0 bridgehead atoms. The Labute approximate surface area is 114 Å². The van der Waals surface area contributed by atoms with Gasteiger partial charge in [-0.05, 0) is 34.6 Å². The van der Waals surface area contributed by atoms with E-state index in [4.69, 9.17) is 4.74 Å². The van der Waals surface area contributed by atoms with Crippen molar-refractivity contribution in [2.24, 2.45) is 0 Å².